The van der Waals surface area contributed by atoms with Gasteiger partial charge in [-0.2, -0.15) is 0 Å². The molecule has 20 heavy (non-hydrogen) atoms. The maximum absolute atomic E-state index is 3.42. The maximum Gasteiger partial charge on any atom is 0.608 e. The van der Waals surface area contributed by atoms with E-state index in [0.29, 0.717) is 6.04 Å². The lowest BCUT2D eigenvalue weighted by Gasteiger charge is -2.38. The average molecular weight is 300 g/mol. The molecule has 0 bridgehead atoms. The van der Waals surface area contributed by atoms with Gasteiger partial charge in [0.2, 0.25) is 0 Å². The molecule has 0 rings (SSSR count). The largest absolute Gasteiger partial charge is 0.608 e. The van der Waals surface area contributed by atoms with Crippen molar-refractivity contribution in [1.29, 1.82) is 0 Å². The van der Waals surface area contributed by atoms with E-state index in [2.05, 4.69) is 65.7 Å². The van der Waals surface area contributed by atoms with Crippen LogP contribution < -0.4 is 5.32 Å². The maximum atomic E-state index is 3.42. The summed E-state index contributed by atoms with van der Waals surface area (Å²) in [5.41, 5.74) is 0. The highest BCUT2D eigenvalue weighted by atomic mass is 27.2. The van der Waals surface area contributed by atoms with Gasteiger partial charge in [0.25, 0.3) is 0 Å². The molecule has 1 unspecified atom stereocenters. The van der Waals surface area contributed by atoms with Crippen molar-refractivity contribution in [2.45, 2.75) is 53.5 Å². The topological polar surface area (TPSA) is 21.8 Å². The number of hydrogen-bond acceptors (Lipinski definition) is 4. The highest BCUT2D eigenvalue weighted by molar-refractivity contribution is 6.49. The summed E-state index contributed by atoms with van der Waals surface area (Å²) in [5, 5.41) is 3.42. The SMILES string of the molecule is CCC(CC[N](C)[Al]([N](CC)CC)[N](CC)CC)NC. The second kappa shape index (κ2) is 12.0. The van der Waals surface area contributed by atoms with E-state index in [1.165, 1.54) is 19.4 Å². The Morgan fingerprint density at radius 2 is 1.35 bits per heavy atom. The summed E-state index contributed by atoms with van der Waals surface area (Å²) < 4.78 is 8.03. The third kappa shape index (κ3) is 6.43. The molecule has 0 saturated heterocycles. The number of hydrogen-bond donors (Lipinski definition) is 1. The quantitative estimate of drug-likeness (QED) is 0.556. The molecule has 4 nitrogen and oxygen atoms in total. The van der Waals surface area contributed by atoms with Crippen LogP contribution in [0.25, 0.3) is 0 Å². The first-order valence-corrected chi connectivity index (χ1v) is 9.99. The summed E-state index contributed by atoms with van der Waals surface area (Å²) in [7, 11) is 4.41. The second-order valence-corrected chi connectivity index (χ2v) is 8.49. The molecular formula is C15H37AlN4. The first-order valence-electron chi connectivity index (χ1n) is 8.44. The normalized spacial score (nSPS) is 13.5. The minimum Gasteiger partial charge on any atom is -0.359 e. The second-order valence-electron chi connectivity index (χ2n) is 5.45. The molecule has 0 amide bonds. The molecule has 1 N–H and O–H groups in total. The van der Waals surface area contributed by atoms with Gasteiger partial charge in [0, 0.05) is 6.04 Å². The lowest BCUT2D eigenvalue weighted by Crippen LogP contribution is -2.62. The van der Waals surface area contributed by atoms with Gasteiger partial charge in [-0.1, -0.05) is 34.6 Å². The van der Waals surface area contributed by atoms with Gasteiger partial charge in [-0.05, 0) is 59.7 Å². The van der Waals surface area contributed by atoms with Crippen LogP contribution in [0, 0.1) is 0 Å². The van der Waals surface area contributed by atoms with Gasteiger partial charge in [0.1, 0.15) is 0 Å². The number of rotatable bonds is 12. The molecule has 0 aromatic heterocycles. The Labute approximate surface area is 132 Å². The van der Waals surface area contributed by atoms with Crippen molar-refractivity contribution in [3.05, 3.63) is 0 Å². The van der Waals surface area contributed by atoms with E-state index in [1.807, 2.05) is 0 Å². The van der Waals surface area contributed by atoms with Gasteiger partial charge in [-0.3, -0.25) is 0 Å². The van der Waals surface area contributed by atoms with Gasteiger partial charge in [0.05, 0.1) is 0 Å². The van der Waals surface area contributed by atoms with E-state index in [4.69, 9.17) is 0 Å². The van der Waals surface area contributed by atoms with Gasteiger partial charge < -0.3 is 17.0 Å². The monoisotopic (exact) mass is 300 g/mol. The summed E-state index contributed by atoms with van der Waals surface area (Å²) in [6.07, 6.45) is 2.46. The average Bonchev–Trinajstić information content (AvgIpc) is 2.48. The van der Waals surface area contributed by atoms with E-state index in [9.17, 15) is 0 Å². The molecule has 0 aromatic rings. The molecule has 0 heterocycles. The highest BCUT2D eigenvalue weighted by Crippen LogP contribution is 2.08. The van der Waals surface area contributed by atoms with Crippen LogP contribution in [0.15, 0.2) is 0 Å². The van der Waals surface area contributed by atoms with Crippen LogP contribution in [-0.2, 0) is 0 Å². The lowest BCUT2D eigenvalue weighted by atomic mass is 10.1. The number of nitrogens with one attached hydrogen (secondary N) is 1. The Bertz CT molecular complexity index is 204. The van der Waals surface area contributed by atoms with Crippen molar-refractivity contribution >= 4 is 14.8 Å². The molecule has 0 aliphatic carbocycles. The molecule has 0 radical (unpaired) electrons. The summed E-state index contributed by atoms with van der Waals surface area (Å²) in [6, 6.07) is 0.653. The molecule has 0 fully saturated rings. The lowest BCUT2D eigenvalue weighted by molar-refractivity contribution is 0.297. The Kier molecular flexibility index (Phi) is 12.2. The third-order valence-electron chi connectivity index (χ3n) is 4.40. The van der Waals surface area contributed by atoms with E-state index in [0.717, 1.165) is 26.2 Å². The summed E-state index contributed by atoms with van der Waals surface area (Å²) in [5.74, 6) is 0. The van der Waals surface area contributed by atoms with Crippen LogP contribution in [0.4, 0.5) is 0 Å². The molecule has 5 heteroatoms. The predicted octanol–water partition coefficient (Wildman–Crippen LogP) is 1.97. The summed E-state index contributed by atoms with van der Waals surface area (Å²) in [6.45, 7) is 17.3. The van der Waals surface area contributed by atoms with Gasteiger partial charge in [-0.15, -0.1) is 0 Å². The van der Waals surface area contributed by atoms with Gasteiger partial charge >= 0.3 is 14.8 Å². The minimum absolute atomic E-state index is 0.653. The molecular weight excluding hydrogens is 263 g/mol. The van der Waals surface area contributed by atoms with Crippen molar-refractivity contribution in [2.75, 3.05) is 46.8 Å². The molecule has 0 aliphatic rings. The van der Waals surface area contributed by atoms with Gasteiger partial charge in [0.15, 0.2) is 0 Å². The zero-order valence-electron chi connectivity index (χ0n) is 14.9. The smallest absolute Gasteiger partial charge is 0.359 e. The van der Waals surface area contributed by atoms with Crippen molar-refractivity contribution in [1.82, 2.24) is 17.0 Å². The van der Waals surface area contributed by atoms with Gasteiger partial charge in [-0.25, -0.2) is 0 Å². The first-order chi connectivity index (χ1) is 9.59. The van der Waals surface area contributed by atoms with Crippen LogP contribution in [0.1, 0.15) is 47.5 Å². The first kappa shape index (κ1) is 20.4. The molecule has 1 atom stereocenters. The van der Waals surface area contributed by atoms with Crippen LogP contribution in [0.5, 0.6) is 0 Å². The van der Waals surface area contributed by atoms with Crippen molar-refractivity contribution < 1.29 is 0 Å². The van der Waals surface area contributed by atoms with Crippen molar-refractivity contribution in [3.8, 4) is 0 Å². The van der Waals surface area contributed by atoms with Crippen molar-refractivity contribution in [2.24, 2.45) is 0 Å². The molecule has 120 valence electrons. The molecule has 0 saturated carbocycles. The Morgan fingerprint density at radius 3 is 1.65 bits per heavy atom. The zero-order valence-corrected chi connectivity index (χ0v) is 16.1. The molecule has 0 aliphatic heterocycles. The fraction of sp³-hybridized carbons (Fsp3) is 1.00. The Morgan fingerprint density at radius 1 is 0.900 bits per heavy atom. The third-order valence-corrected chi connectivity index (χ3v) is 8.22. The minimum atomic E-state index is -1.17. The Hall–Kier alpha value is 0.372. The zero-order chi connectivity index (χ0) is 15.5. The molecule has 0 aromatic carbocycles. The van der Waals surface area contributed by atoms with Crippen LogP contribution in [0.2, 0.25) is 0 Å². The van der Waals surface area contributed by atoms with E-state index in [-0.39, 0.29) is 0 Å². The summed E-state index contributed by atoms with van der Waals surface area (Å²) >= 11 is -1.17. The fourth-order valence-electron chi connectivity index (χ4n) is 2.92. The van der Waals surface area contributed by atoms with Crippen molar-refractivity contribution in [3.63, 3.8) is 0 Å². The van der Waals surface area contributed by atoms with E-state index >= 15 is 0 Å². The number of nitrogens with zero attached hydrogens (tertiary/aromatic N) is 3. The van der Waals surface area contributed by atoms with Crippen LogP contribution in [-0.4, -0.2) is 79.3 Å². The van der Waals surface area contributed by atoms with Crippen LogP contribution in [0.3, 0.4) is 0 Å². The molecule has 0 spiro atoms. The van der Waals surface area contributed by atoms with E-state index in [1.54, 1.807) is 0 Å². The van der Waals surface area contributed by atoms with Crippen LogP contribution >= 0.6 is 0 Å². The fourth-order valence-corrected chi connectivity index (χ4v) is 6.18. The Balaban J connectivity index is 4.74. The highest BCUT2D eigenvalue weighted by Gasteiger charge is 2.37. The summed E-state index contributed by atoms with van der Waals surface area (Å²) in [4.78, 5) is 0. The standard InChI is InChI=1S/C7H17N2.2C4H10N.Al/c1-4-7(9-3)5-6-8-2;2*1-3-5-4-2;/h7,9H,4-6H2,1-3H3;2*3-4H2,1-2H3;/q3*-1;+3. The predicted molar refractivity (Wildman–Crippen MR) is 92.0 cm³/mol. The van der Waals surface area contributed by atoms with E-state index < -0.39 is 14.8 Å².